The summed E-state index contributed by atoms with van der Waals surface area (Å²) < 4.78 is 0. The Morgan fingerprint density at radius 2 is 1.61 bits per heavy atom. The molecule has 1 rings (SSSR count). The largest absolute Gasteiger partial charge is 0.262 e. The molecule has 0 aliphatic carbocycles. The number of aromatic amines is 1. The van der Waals surface area contributed by atoms with E-state index >= 15 is 0 Å². The second-order valence-corrected chi connectivity index (χ2v) is 9.40. The van der Waals surface area contributed by atoms with Crippen molar-refractivity contribution >= 4 is 11.8 Å². The second-order valence-electron chi connectivity index (χ2n) is 7.99. The Bertz CT molecular complexity index is 409. The van der Waals surface area contributed by atoms with E-state index in [1.165, 1.54) is 57.8 Å². The number of aromatic nitrogens is 3. The molecule has 0 fully saturated rings. The number of thioether (sulfide) groups is 1. The Labute approximate surface area is 147 Å². The van der Waals surface area contributed by atoms with Crippen LogP contribution in [0.1, 0.15) is 98.2 Å². The van der Waals surface area contributed by atoms with Crippen molar-refractivity contribution in [3.8, 4) is 0 Å². The Morgan fingerprint density at radius 1 is 1.00 bits per heavy atom. The minimum atomic E-state index is 0.254. The summed E-state index contributed by atoms with van der Waals surface area (Å²) >= 11 is 1.81. The molecule has 4 heteroatoms. The number of nitrogens with zero attached hydrogens (tertiary/aromatic N) is 2. The monoisotopic (exact) mass is 339 g/mol. The van der Waals surface area contributed by atoms with E-state index in [-0.39, 0.29) is 5.41 Å². The molecule has 0 amide bonds. The van der Waals surface area contributed by atoms with E-state index in [9.17, 15) is 0 Å². The van der Waals surface area contributed by atoms with Gasteiger partial charge in [-0.2, -0.15) is 0 Å². The van der Waals surface area contributed by atoms with Crippen molar-refractivity contribution in [1.29, 1.82) is 0 Å². The van der Waals surface area contributed by atoms with Crippen LogP contribution in [0, 0.1) is 5.41 Å². The minimum Gasteiger partial charge on any atom is -0.262 e. The van der Waals surface area contributed by atoms with Gasteiger partial charge >= 0.3 is 0 Å². The van der Waals surface area contributed by atoms with Gasteiger partial charge in [-0.3, -0.25) is 5.10 Å². The summed E-state index contributed by atoms with van der Waals surface area (Å²) in [6.07, 6.45) is 13.3. The third kappa shape index (κ3) is 10.8. The lowest BCUT2D eigenvalue weighted by molar-refractivity contribution is 0.401. The van der Waals surface area contributed by atoms with Crippen LogP contribution in [0.5, 0.6) is 0 Å². The Hall–Kier alpha value is -0.510. The number of H-pyrrole nitrogens is 1. The standard InChI is InChI=1S/C19H37N3S/c1-6-7-8-9-10-11-12-13-14-16(2)23-18-20-17(21-22-18)15-19(3,4)5/h16H,6-15H2,1-5H3,(H,20,21,22). The van der Waals surface area contributed by atoms with Crippen molar-refractivity contribution in [2.75, 3.05) is 0 Å². The first-order valence-corrected chi connectivity index (χ1v) is 10.4. The van der Waals surface area contributed by atoms with Gasteiger partial charge in [0, 0.05) is 11.7 Å². The van der Waals surface area contributed by atoms with Gasteiger partial charge in [-0.25, -0.2) is 4.98 Å². The highest BCUT2D eigenvalue weighted by Gasteiger charge is 2.15. The third-order valence-electron chi connectivity index (χ3n) is 3.98. The first-order chi connectivity index (χ1) is 10.9. The van der Waals surface area contributed by atoms with Gasteiger partial charge in [0.25, 0.3) is 0 Å². The number of hydrogen-bond donors (Lipinski definition) is 1. The third-order valence-corrected chi connectivity index (χ3v) is 5.01. The van der Waals surface area contributed by atoms with Gasteiger partial charge in [-0.15, -0.1) is 5.10 Å². The molecule has 0 radical (unpaired) electrons. The molecule has 1 aromatic heterocycles. The average Bonchev–Trinajstić information content (AvgIpc) is 2.86. The van der Waals surface area contributed by atoms with Gasteiger partial charge in [0.1, 0.15) is 5.82 Å². The summed E-state index contributed by atoms with van der Waals surface area (Å²) in [5.41, 5.74) is 0.254. The number of unbranched alkanes of at least 4 members (excludes halogenated alkanes) is 7. The maximum atomic E-state index is 4.62. The van der Waals surface area contributed by atoms with E-state index in [2.05, 4.69) is 49.8 Å². The number of rotatable bonds is 12. The maximum Gasteiger partial charge on any atom is 0.208 e. The topological polar surface area (TPSA) is 41.6 Å². The molecular formula is C19H37N3S. The van der Waals surface area contributed by atoms with E-state index in [1.807, 2.05) is 11.8 Å². The molecule has 3 nitrogen and oxygen atoms in total. The zero-order valence-corrected chi connectivity index (χ0v) is 16.8. The van der Waals surface area contributed by atoms with E-state index in [0.29, 0.717) is 5.25 Å². The molecule has 0 saturated carbocycles. The molecule has 1 unspecified atom stereocenters. The summed E-state index contributed by atoms with van der Waals surface area (Å²) in [6.45, 7) is 11.3. The molecule has 1 N–H and O–H groups in total. The fraction of sp³-hybridized carbons (Fsp3) is 0.895. The van der Waals surface area contributed by atoms with Crippen molar-refractivity contribution in [3.63, 3.8) is 0 Å². The van der Waals surface area contributed by atoms with Crippen LogP contribution in [0.4, 0.5) is 0 Å². The zero-order valence-electron chi connectivity index (χ0n) is 16.0. The molecule has 0 aliphatic rings. The molecule has 134 valence electrons. The smallest absolute Gasteiger partial charge is 0.208 e. The maximum absolute atomic E-state index is 4.62. The SMILES string of the molecule is CCCCCCCCCCC(C)Sc1n[nH]c(CC(C)(C)C)n1. The van der Waals surface area contributed by atoms with Gasteiger partial charge in [0.15, 0.2) is 0 Å². The van der Waals surface area contributed by atoms with E-state index in [4.69, 9.17) is 0 Å². The molecule has 0 aromatic carbocycles. The van der Waals surface area contributed by atoms with Crippen molar-refractivity contribution in [3.05, 3.63) is 5.82 Å². The second kappa shape index (κ2) is 11.1. The van der Waals surface area contributed by atoms with Crippen LogP contribution in [-0.2, 0) is 6.42 Å². The summed E-state index contributed by atoms with van der Waals surface area (Å²) in [7, 11) is 0. The van der Waals surface area contributed by atoms with Gasteiger partial charge in [-0.1, -0.05) is 97.7 Å². The zero-order chi connectivity index (χ0) is 17.1. The van der Waals surface area contributed by atoms with Crippen molar-refractivity contribution < 1.29 is 0 Å². The lowest BCUT2D eigenvalue weighted by Crippen LogP contribution is -2.10. The molecule has 0 aliphatic heterocycles. The normalized spacial score (nSPS) is 13.4. The first-order valence-electron chi connectivity index (χ1n) is 9.48. The van der Waals surface area contributed by atoms with E-state index < -0.39 is 0 Å². The molecule has 0 bridgehead atoms. The quantitative estimate of drug-likeness (QED) is 0.353. The minimum absolute atomic E-state index is 0.254. The molecule has 1 aromatic rings. The molecule has 0 saturated heterocycles. The van der Waals surface area contributed by atoms with Crippen LogP contribution in [0.15, 0.2) is 5.16 Å². The van der Waals surface area contributed by atoms with E-state index in [0.717, 1.165) is 17.4 Å². The lowest BCUT2D eigenvalue weighted by Gasteiger charge is -2.15. The summed E-state index contributed by atoms with van der Waals surface area (Å²) in [6, 6.07) is 0. The number of hydrogen-bond acceptors (Lipinski definition) is 3. The molecule has 23 heavy (non-hydrogen) atoms. The fourth-order valence-corrected chi connectivity index (χ4v) is 3.62. The average molecular weight is 340 g/mol. The van der Waals surface area contributed by atoms with Gasteiger partial charge in [-0.05, 0) is 11.8 Å². The molecular weight excluding hydrogens is 302 g/mol. The first kappa shape index (κ1) is 20.5. The molecule has 1 atom stereocenters. The van der Waals surface area contributed by atoms with Crippen LogP contribution in [0.2, 0.25) is 0 Å². The van der Waals surface area contributed by atoms with Crippen LogP contribution in [-0.4, -0.2) is 20.4 Å². The van der Waals surface area contributed by atoms with Crippen LogP contribution in [0.3, 0.4) is 0 Å². The van der Waals surface area contributed by atoms with Crippen molar-refractivity contribution in [2.45, 2.75) is 109 Å². The van der Waals surface area contributed by atoms with Gasteiger partial charge < -0.3 is 0 Å². The predicted molar refractivity (Wildman–Crippen MR) is 102 cm³/mol. The molecule has 0 spiro atoms. The lowest BCUT2D eigenvalue weighted by atomic mass is 9.92. The Balaban J connectivity index is 2.11. The van der Waals surface area contributed by atoms with Gasteiger partial charge in [0.05, 0.1) is 0 Å². The van der Waals surface area contributed by atoms with E-state index in [1.54, 1.807) is 0 Å². The summed E-state index contributed by atoms with van der Waals surface area (Å²) in [4.78, 5) is 4.62. The van der Waals surface area contributed by atoms with Crippen LogP contribution in [0.25, 0.3) is 0 Å². The van der Waals surface area contributed by atoms with Crippen LogP contribution >= 0.6 is 11.8 Å². The highest BCUT2D eigenvalue weighted by Crippen LogP contribution is 2.25. The Morgan fingerprint density at radius 3 is 2.22 bits per heavy atom. The fourth-order valence-electron chi connectivity index (χ4n) is 2.72. The summed E-state index contributed by atoms with van der Waals surface area (Å²) in [5, 5.41) is 8.96. The molecule has 1 heterocycles. The number of nitrogens with one attached hydrogen (secondary N) is 1. The highest BCUT2D eigenvalue weighted by molar-refractivity contribution is 7.99. The Kier molecular flexibility index (Phi) is 9.92. The van der Waals surface area contributed by atoms with Crippen molar-refractivity contribution in [1.82, 2.24) is 15.2 Å². The van der Waals surface area contributed by atoms with Gasteiger partial charge in [0.2, 0.25) is 5.16 Å². The van der Waals surface area contributed by atoms with Crippen LogP contribution < -0.4 is 0 Å². The van der Waals surface area contributed by atoms with Crippen molar-refractivity contribution in [2.24, 2.45) is 5.41 Å². The highest BCUT2D eigenvalue weighted by atomic mass is 32.2. The predicted octanol–water partition coefficient (Wildman–Crippen LogP) is 6.40. The summed E-state index contributed by atoms with van der Waals surface area (Å²) in [5.74, 6) is 1.01.